The quantitative estimate of drug-likeness (QED) is 0.793. The number of nitrogens with one attached hydrogen (secondary N) is 1. The van der Waals surface area contributed by atoms with Crippen LogP contribution < -0.4 is 5.32 Å². The van der Waals surface area contributed by atoms with Gasteiger partial charge in [0.05, 0.1) is 12.1 Å². The van der Waals surface area contributed by atoms with Crippen molar-refractivity contribution in [2.24, 2.45) is 0 Å². The summed E-state index contributed by atoms with van der Waals surface area (Å²) in [6.45, 7) is 6.90. The standard InChI is InChI=1S/C11H18N4/c1-9(2)14-11(8-12)5-7-15-10(3)4-6-13-15/h4,6,9,11,14H,5,7H2,1-3H3. The molecule has 0 saturated heterocycles. The van der Waals surface area contributed by atoms with E-state index < -0.39 is 0 Å². The molecule has 0 radical (unpaired) electrons. The van der Waals surface area contributed by atoms with Crippen molar-refractivity contribution in [2.45, 2.75) is 45.8 Å². The maximum absolute atomic E-state index is 8.93. The molecule has 0 saturated carbocycles. The van der Waals surface area contributed by atoms with Crippen LogP contribution in [0.1, 0.15) is 26.0 Å². The van der Waals surface area contributed by atoms with Crippen molar-refractivity contribution in [3.05, 3.63) is 18.0 Å². The Morgan fingerprint density at radius 1 is 1.60 bits per heavy atom. The van der Waals surface area contributed by atoms with Crippen molar-refractivity contribution in [2.75, 3.05) is 0 Å². The summed E-state index contributed by atoms with van der Waals surface area (Å²) >= 11 is 0. The van der Waals surface area contributed by atoms with Gasteiger partial charge in [-0.05, 0) is 33.3 Å². The van der Waals surface area contributed by atoms with Crippen LogP contribution in [0.3, 0.4) is 0 Å². The number of nitriles is 1. The van der Waals surface area contributed by atoms with Crippen LogP contribution in [-0.4, -0.2) is 21.9 Å². The third kappa shape index (κ3) is 3.72. The fourth-order valence-corrected chi connectivity index (χ4v) is 1.47. The second kappa shape index (κ2) is 5.52. The van der Waals surface area contributed by atoms with E-state index in [1.807, 2.05) is 31.5 Å². The molecule has 1 aromatic heterocycles. The SMILES string of the molecule is Cc1ccnn1CCC(C#N)NC(C)C. The van der Waals surface area contributed by atoms with Gasteiger partial charge < -0.3 is 0 Å². The molecular weight excluding hydrogens is 188 g/mol. The third-order valence-electron chi connectivity index (χ3n) is 2.25. The van der Waals surface area contributed by atoms with Gasteiger partial charge in [0.15, 0.2) is 0 Å². The van der Waals surface area contributed by atoms with E-state index in [9.17, 15) is 0 Å². The lowest BCUT2D eigenvalue weighted by Gasteiger charge is -2.14. The lowest BCUT2D eigenvalue weighted by atomic mass is 10.2. The minimum absolute atomic E-state index is 0.0893. The zero-order valence-corrected chi connectivity index (χ0v) is 9.57. The zero-order valence-electron chi connectivity index (χ0n) is 9.57. The Morgan fingerprint density at radius 2 is 2.33 bits per heavy atom. The zero-order chi connectivity index (χ0) is 11.3. The highest BCUT2D eigenvalue weighted by Gasteiger charge is 2.08. The fraction of sp³-hybridized carbons (Fsp3) is 0.636. The maximum Gasteiger partial charge on any atom is 0.0972 e. The predicted molar refractivity (Wildman–Crippen MR) is 59.3 cm³/mol. The molecule has 1 aromatic rings. The van der Waals surface area contributed by atoms with Crippen LogP contribution in [-0.2, 0) is 6.54 Å². The molecule has 4 nitrogen and oxygen atoms in total. The molecule has 1 heterocycles. The molecule has 1 rings (SSSR count). The van der Waals surface area contributed by atoms with Crippen molar-refractivity contribution in [3.63, 3.8) is 0 Å². The van der Waals surface area contributed by atoms with Crippen molar-refractivity contribution in [1.29, 1.82) is 5.26 Å². The Labute approximate surface area is 90.9 Å². The lowest BCUT2D eigenvalue weighted by Crippen LogP contribution is -2.34. The van der Waals surface area contributed by atoms with Crippen LogP contribution in [0.4, 0.5) is 0 Å². The summed E-state index contributed by atoms with van der Waals surface area (Å²) in [5, 5.41) is 16.3. The van der Waals surface area contributed by atoms with Gasteiger partial charge in [0.1, 0.15) is 0 Å². The van der Waals surface area contributed by atoms with Gasteiger partial charge >= 0.3 is 0 Å². The van der Waals surface area contributed by atoms with Crippen LogP contribution in [0.15, 0.2) is 12.3 Å². The summed E-state index contributed by atoms with van der Waals surface area (Å²) in [4.78, 5) is 0. The van der Waals surface area contributed by atoms with Crippen LogP contribution in [0.25, 0.3) is 0 Å². The summed E-state index contributed by atoms with van der Waals surface area (Å²) in [6, 6.07) is 4.48. The molecule has 0 aliphatic heterocycles. The monoisotopic (exact) mass is 206 g/mol. The Morgan fingerprint density at radius 3 is 2.80 bits per heavy atom. The van der Waals surface area contributed by atoms with Crippen LogP contribution >= 0.6 is 0 Å². The largest absolute Gasteiger partial charge is 0.300 e. The summed E-state index contributed by atoms with van der Waals surface area (Å²) in [6.07, 6.45) is 2.57. The number of nitrogens with zero attached hydrogens (tertiary/aromatic N) is 3. The van der Waals surface area contributed by atoms with Gasteiger partial charge in [0.2, 0.25) is 0 Å². The average molecular weight is 206 g/mol. The molecule has 0 fully saturated rings. The smallest absolute Gasteiger partial charge is 0.0972 e. The second-order valence-corrected chi connectivity index (χ2v) is 3.99. The van der Waals surface area contributed by atoms with Gasteiger partial charge in [-0.3, -0.25) is 10.00 Å². The molecule has 15 heavy (non-hydrogen) atoms. The van der Waals surface area contributed by atoms with E-state index in [1.165, 1.54) is 0 Å². The number of aromatic nitrogens is 2. The van der Waals surface area contributed by atoms with Crippen molar-refractivity contribution in [3.8, 4) is 6.07 Å². The molecule has 82 valence electrons. The van der Waals surface area contributed by atoms with Crippen LogP contribution in [0.5, 0.6) is 0 Å². The normalized spacial score (nSPS) is 12.7. The topological polar surface area (TPSA) is 53.6 Å². The van der Waals surface area contributed by atoms with Gasteiger partial charge in [-0.2, -0.15) is 10.4 Å². The highest BCUT2D eigenvalue weighted by Crippen LogP contribution is 2.00. The molecule has 0 amide bonds. The van der Waals surface area contributed by atoms with Gasteiger partial charge in [-0.1, -0.05) is 0 Å². The van der Waals surface area contributed by atoms with Gasteiger partial charge in [0, 0.05) is 24.5 Å². The number of aryl methyl sites for hydroxylation is 2. The van der Waals surface area contributed by atoms with Crippen molar-refractivity contribution in [1.82, 2.24) is 15.1 Å². The Bertz CT molecular complexity index is 335. The molecule has 1 N–H and O–H groups in total. The minimum atomic E-state index is -0.0893. The predicted octanol–water partition coefficient (Wildman–Crippen LogP) is 1.47. The average Bonchev–Trinajstić information content (AvgIpc) is 2.58. The highest BCUT2D eigenvalue weighted by atomic mass is 15.3. The van der Waals surface area contributed by atoms with E-state index in [2.05, 4.69) is 16.5 Å². The molecule has 1 atom stereocenters. The van der Waals surface area contributed by atoms with Crippen LogP contribution in [0, 0.1) is 18.3 Å². The summed E-state index contributed by atoms with van der Waals surface area (Å²) < 4.78 is 1.92. The molecule has 0 aliphatic carbocycles. The first-order chi connectivity index (χ1) is 7.13. The first kappa shape index (κ1) is 11.7. The summed E-state index contributed by atoms with van der Waals surface area (Å²) in [7, 11) is 0. The van der Waals surface area contributed by atoms with Crippen molar-refractivity contribution < 1.29 is 0 Å². The Hall–Kier alpha value is -1.34. The van der Waals surface area contributed by atoms with Crippen molar-refractivity contribution >= 4 is 0 Å². The molecule has 0 aromatic carbocycles. The fourth-order valence-electron chi connectivity index (χ4n) is 1.47. The van der Waals surface area contributed by atoms with E-state index >= 15 is 0 Å². The molecule has 4 heteroatoms. The van der Waals surface area contributed by atoms with E-state index in [-0.39, 0.29) is 6.04 Å². The van der Waals surface area contributed by atoms with Gasteiger partial charge in [-0.25, -0.2) is 0 Å². The van der Waals surface area contributed by atoms with Gasteiger partial charge in [0.25, 0.3) is 0 Å². The second-order valence-electron chi connectivity index (χ2n) is 3.99. The number of hydrogen-bond donors (Lipinski definition) is 1. The Balaban J connectivity index is 2.42. The summed E-state index contributed by atoms with van der Waals surface area (Å²) in [5.41, 5.74) is 1.14. The van der Waals surface area contributed by atoms with Crippen LogP contribution in [0.2, 0.25) is 0 Å². The molecule has 0 spiro atoms. The van der Waals surface area contributed by atoms with E-state index in [0.29, 0.717) is 6.04 Å². The number of rotatable bonds is 5. The molecular formula is C11H18N4. The maximum atomic E-state index is 8.93. The lowest BCUT2D eigenvalue weighted by molar-refractivity contribution is 0.458. The Kier molecular flexibility index (Phi) is 4.32. The number of hydrogen-bond acceptors (Lipinski definition) is 3. The third-order valence-corrected chi connectivity index (χ3v) is 2.25. The molecule has 1 unspecified atom stereocenters. The van der Waals surface area contributed by atoms with Gasteiger partial charge in [-0.15, -0.1) is 0 Å². The first-order valence-corrected chi connectivity index (χ1v) is 5.27. The highest BCUT2D eigenvalue weighted by molar-refractivity contribution is 4.97. The van der Waals surface area contributed by atoms with E-state index in [1.54, 1.807) is 6.20 Å². The molecule has 0 bridgehead atoms. The van der Waals surface area contributed by atoms with E-state index in [4.69, 9.17) is 5.26 Å². The summed E-state index contributed by atoms with van der Waals surface area (Å²) in [5.74, 6) is 0. The van der Waals surface area contributed by atoms with E-state index in [0.717, 1.165) is 18.7 Å². The first-order valence-electron chi connectivity index (χ1n) is 5.27. The molecule has 0 aliphatic rings. The minimum Gasteiger partial charge on any atom is -0.300 e.